The third-order valence-corrected chi connectivity index (χ3v) is 2.51. The Hall–Kier alpha value is -1.48. The monoisotopic (exact) mass is 263 g/mol. The molecule has 0 amide bonds. The first kappa shape index (κ1) is 15.6. The van der Waals surface area contributed by atoms with E-state index in [0.717, 1.165) is 23.6 Å². The van der Waals surface area contributed by atoms with E-state index in [4.69, 9.17) is 9.47 Å². The Balaban J connectivity index is 2.93. The molecule has 0 radical (unpaired) electrons. The first-order valence-corrected chi connectivity index (χ1v) is 6.71. The number of hydrogen-bond acceptors (Lipinski definition) is 3. The minimum absolute atomic E-state index is 0.0668. The Morgan fingerprint density at radius 1 is 1.26 bits per heavy atom. The highest BCUT2D eigenvalue weighted by Gasteiger charge is 2.14. The third kappa shape index (κ3) is 5.35. The van der Waals surface area contributed by atoms with Crippen molar-refractivity contribution in [3.63, 3.8) is 0 Å². The van der Waals surface area contributed by atoms with Crippen molar-refractivity contribution in [2.24, 2.45) is 0 Å². The highest BCUT2D eigenvalue weighted by atomic mass is 16.5. The predicted molar refractivity (Wildman–Crippen MR) is 79.9 cm³/mol. The van der Waals surface area contributed by atoms with Gasteiger partial charge in [0.15, 0.2) is 11.5 Å². The van der Waals surface area contributed by atoms with Gasteiger partial charge in [0.05, 0.1) is 6.61 Å². The van der Waals surface area contributed by atoms with Crippen molar-refractivity contribution >= 4 is 0 Å². The SMILES string of the molecule is C=CCOc1c(CNC(C)(C)C)cccc1OCC. The molecule has 0 saturated heterocycles. The minimum Gasteiger partial charge on any atom is -0.490 e. The van der Waals surface area contributed by atoms with Crippen molar-refractivity contribution in [2.75, 3.05) is 13.2 Å². The molecule has 0 spiro atoms. The van der Waals surface area contributed by atoms with Gasteiger partial charge in [0.2, 0.25) is 0 Å². The normalized spacial score (nSPS) is 11.2. The van der Waals surface area contributed by atoms with E-state index >= 15 is 0 Å². The van der Waals surface area contributed by atoms with E-state index in [1.807, 2.05) is 19.1 Å². The molecule has 19 heavy (non-hydrogen) atoms. The lowest BCUT2D eigenvalue weighted by Crippen LogP contribution is -2.35. The predicted octanol–water partition coefficient (Wildman–Crippen LogP) is 3.54. The molecular weight excluding hydrogens is 238 g/mol. The summed E-state index contributed by atoms with van der Waals surface area (Å²) in [5.74, 6) is 1.60. The van der Waals surface area contributed by atoms with Crippen LogP contribution in [0.15, 0.2) is 30.9 Å². The fourth-order valence-corrected chi connectivity index (χ4v) is 1.64. The van der Waals surface area contributed by atoms with Gasteiger partial charge in [-0.05, 0) is 33.8 Å². The number of ether oxygens (including phenoxy) is 2. The molecule has 0 saturated carbocycles. The Bertz CT molecular complexity index is 408. The molecule has 0 atom stereocenters. The summed E-state index contributed by atoms with van der Waals surface area (Å²) in [7, 11) is 0. The van der Waals surface area contributed by atoms with Crippen molar-refractivity contribution in [3.05, 3.63) is 36.4 Å². The lowest BCUT2D eigenvalue weighted by molar-refractivity contribution is 0.292. The molecule has 0 unspecified atom stereocenters. The van der Waals surface area contributed by atoms with Gasteiger partial charge >= 0.3 is 0 Å². The van der Waals surface area contributed by atoms with Gasteiger partial charge in [-0.2, -0.15) is 0 Å². The maximum absolute atomic E-state index is 5.75. The lowest BCUT2D eigenvalue weighted by atomic mass is 10.1. The largest absolute Gasteiger partial charge is 0.490 e. The molecule has 0 aliphatic carbocycles. The standard InChI is InChI=1S/C16H25NO2/c1-6-11-19-15-13(12-17-16(3,4)5)9-8-10-14(15)18-7-2/h6,8-10,17H,1,7,11-12H2,2-5H3. The molecule has 1 aromatic carbocycles. The molecule has 0 aliphatic rings. The summed E-state index contributed by atoms with van der Waals surface area (Å²) in [5, 5.41) is 3.46. The molecule has 1 rings (SSSR count). The lowest BCUT2D eigenvalue weighted by Gasteiger charge is -2.22. The van der Waals surface area contributed by atoms with E-state index in [0.29, 0.717) is 13.2 Å². The van der Waals surface area contributed by atoms with Crippen LogP contribution in [0.2, 0.25) is 0 Å². The highest BCUT2D eigenvalue weighted by molar-refractivity contribution is 5.46. The van der Waals surface area contributed by atoms with Crippen LogP contribution in [0.1, 0.15) is 33.3 Å². The van der Waals surface area contributed by atoms with Gasteiger partial charge in [0.25, 0.3) is 0 Å². The average molecular weight is 263 g/mol. The number of nitrogens with one attached hydrogen (secondary N) is 1. The summed E-state index contributed by atoms with van der Waals surface area (Å²) in [4.78, 5) is 0. The number of rotatable bonds is 7. The molecule has 106 valence electrons. The van der Waals surface area contributed by atoms with Crippen LogP contribution in [-0.2, 0) is 6.54 Å². The summed E-state index contributed by atoms with van der Waals surface area (Å²) in [6.07, 6.45) is 1.74. The number of para-hydroxylation sites is 1. The maximum Gasteiger partial charge on any atom is 0.166 e. The van der Waals surface area contributed by atoms with E-state index in [-0.39, 0.29) is 5.54 Å². The molecular formula is C16H25NO2. The molecule has 0 heterocycles. The second-order valence-electron chi connectivity index (χ2n) is 5.38. The van der Waals surface area contributed by atoms with Gasteiger partial charge in [-0.1, -0.05) is 24.8 Å². The van der Waals surface area contributed by atoms with E-state index in [9.17, 15) is 0 Å². The molecule has 0 aliphatic heterocycles. The van der Waals surface area contributed by atoms with Gasteiger partial charge in [0, 0.05) is 17.6 Å². The fourth-order valence-electron chi connectivity index (χ4n) is 1.64. The van der Waals surface area contributed by atoms with E-state index in [2.05, 4.69) is 38.7 Å². The van der Waals surface area contributed by atoms with Crippen LogP contribution in [-0.4, -0.2) is 18.8 Å². The Morgan fingerprint density at radius 3 is 2.58 bits per heavy atom. The Labute approximate surface area is 116 Å². The molecule has 3 nitrogen and oxygen atoms in total. The summed E-state index contributed by atoms with van der Waals surface area (Å²) in [5.41, 5.74) is 1.17. The second-order valence-corrected chi connectivity index (χ2v) is 5.38. The van der Waals surface area contributed by atoms with E-state index in [1.165, 1.54) is 0 Å². The van der Waals surface area contributed by atoms with Crippen molar-refractivity contribution in [1.82, 2.24) is 5.32 Å². The van der Waals surface area contributed by atoms with Crippen molar-refractivity contribution in [1.29, 1.82) is 0 Å². The van der Waals surface area contributed by atoms with Crippen LogP contribution in [0, 0.1) is 0 Å². The van der Waals surface area contributed by atoms with Gasteiger partial charge in [-0.15, -0.1) is 0 Å². The van der Waals surface area contributed by atoms with E-state index in [1.54, 1.807) is 6.08 Å². The first-order chi connectivity index (χ1) is 8.98. The number of benzene rings is 1. The summed E-state index contributed by atoms with van der Waals surface area (Å²) >= 11 is 0. The molecule has 3 heteroatoms. The molecule has 0 fully saturated rings. The van der Waals surface area contributed by atoms with Crippen LogP contribution < -0.4 is 14.8 Å². The van der Waals surface area contributed by atoms with Crippen LogP contribution in [0.4, 0.5) is 0 Å². The fraction of sp³-hybridized carbons (Fsp3) is 0.500. The maximum atomic E-state index is 5.75. The van der Waals surface area contributed by atoms with Gasteiger partial charge in [0.1, 0.15) is 6.61 Å². The van der Waals surface area contributed by atoms with Crippen LogP contribution >= 0.6 is 0 Å². The van der Waals surface area contributed by atoms with Crippen molar-refractivity contribution < 1.29 is 9.47 Å². The summed E-state index contributed by atoms with van der Waals surface area (Å²) in [6.45, 7) is 13.9. The smallest absolute Gasteiger partial charge is 0.166 e. The van der Waals surface area contributed by atoms with Crippen LogP contribution in [0.25, 0.3) is 0 Å². The van der Waals surface area contributed by atoms with Gasteiger partial charge in [-0.25, -0.2) is 0 Å². The van der Waals surface area contributed by atoms with Crippen molar-refractivity contribution in [3.8, 4) is 11.5 Å². The molecule has 1 N–H and O–H groups in total. The van der Waals surface area contributed by atoms with Crippen molar-refractivity contribution in [2.45, 2.75) is 39.8 Å². The zero-order valence-corrected chi connectivity index (χ0v) is 12.5. The summed E-state index contributed by atoms with van der Waals surface area (Å²) < 4.78 is 11.4. The molecule has 1 aromatic rings. The minimum atomic E-state index is 0.0668. The highest BCUT2D eigenvalue weighted by Crippen LogP contribution is 2.31. The number of hydrogen-bond donors (Lipinski definition) is 1. The topological polar surface area (TPSA) is 30.5 Å². The Morgan fingerprint density at radius 2 is 2.00 bits per heavy atom. The van der Waals surface area contributed by atoms with Gasteiger partial charge in [-0.3, -0.25) is 0 Å². The van der Waals surface area contributed by atoms with Gasteiger partial charge < -0.3 is 14.8 Å². The second kappa shape index (κ2) is 7.19. The quantitative estimate of drug-likeness (QED) is 0.763. The molecule has 0 bridgehead atoms. The average Bonchev–Trinajstić information content (AvgIpc) is 2.34. The zero-order chi connectivity index (χ0) is 14.3. The van der Waals surface area contributed by atoms with E-state index < -0.39 is 0 Å². The first-order valence-electron chi connectivity index (χ1n) is 6.71. The zero-order valence-electron chi connectivity index (χ0n) is 12.5. The third-order valence-electron chi connectivity index (χ3n) is 2.51. The van der Waals surface area contributed by atoms with Crippen LogP contribution in [0.5, 0.6) is 11.5 Å². The molecule has 0 aromatic heterocycles. The van der Waals surface area contributed by atoms with Crippen LogP contribution in [0.3, 0.4) is 0 Å². The Kier molecular flexibility index (Phi) is 5.90. The summed E-state index contributed by atoms with van der Waals surface area (Å²) in [6, 6.07) is 5.98.